The first-order valence-corrected chi connectivity index (χ1v) is 7.93. The van der Waals surface area contributed by atoms with Crippen molar-refractivity contribution in [3.63, 3.8) is 0 Å². The lowest BCUT2D eigenvalue weighted by Crippen LogP contribution is -2.46. The van der Waals surface area contributed by atoms with Crippen molar-refractivity contribution in [3.8, 4) is 0 Å². The van der Waals surface area contributed by atoms with Crippen molar-refractivity contribution in [2.75, 3.05) is 53.0 Å². The van der Waals surface area contributed by atoms with E-state index in [0.717, 1.165) is 31.8 Å². The van der Waals surface area contributed by atoms with Gasteiger partial charge < -0.3 is 15.0 Å². The molecule has 1 heterocycles. The zero-order chi connectivity index (χ0) is 15.7. The Labute approximate surface area is 129 Å². The van der Waals surface area contributed by atoms with Crippen molar-refractivity contribution in [1.82, 2.24) is 15.1 Å². The topological polar surface area (TPSA) is 44.8 Å². The summed E-state index contributed by atoms with van der Waals surface area (Å²) >= 11 is 0. The maximum absolute atomic E-state index is 12.4. The standard InChI is InChI=1S/C16H31N3O2/c1-5-19(11-14(2)3)16(20)13-18(9-10-21-4)12-15-7-6-8-17-15/h15,17H,2,5-13H2,1,3-4H3. The van der Waals surface area contributed by atoms with Crippen molar-refractivity contribution in [3.05, 3.63) is 12.2 Å². The normalized spacial score (nSPS) is 18.2. The zero-order valence-electron chi connectivity index (χ0n) is 13.9. The molecule has 0 spiro atoms. The summed E-state index contributed by atoms with van der Waals surface area (Å²) in [5.41, 5.74) is 1.02. The molecule has 5 nitrogen and oxygen atoms in total. The molecule has 21 heavy (non-hydrogen) atoms. The number of carbonyl (C=O) groups is 1. The van der Waals surface area contributed by atoms with Crippen molar-refractivity contribution < 1.29 is 9.53 Å². The van der Waals surface area contributed by atoms with Gasteiger partial charge >= 0.3 is 0 Å². The van der Waals surface area contributed by atoms with E-state index >= 15 is 0 Å². The third-order valence-electron chi connectivity index (χ3n) is 3.81. The Balaban J connectivity index is 2.51. The average molecular weight is 297 g/mol. The van der Waals surface area contributed by atoms with Gasteiger partial charge in [-0.2, -0.15) is 0 Å². The van der Waals surface area contributed by atoms with Crippen LogP contribution in [0.25, 0.3) is 0 Å². The average Bonchev–Trinajstić information content (AvgIpc) is 2.94. The molecule has 1 fully saturated rings. The molecule has 0 saturated carbocycles. The van der Waals surface area contributed by atoms with Gasteiger partial charge in [0, 0.05) is 39.3 Å². The van der Waals surface area contributed by atoms with Crippen molar-refractivity contribution >= 4 is 5.91 Å². The second kappa shape index (κ2) is 9.92. The van der Waals surface area contributed by atoms with Crippen LogP contribution in [0.2, 0.25) is 0 Å². The summed E-state index contributed by atoms with van der Waals surface area (Å²) in [7, 11) is 1.70. The van der Waals surface area contributed by atoms with Gasteiger partial charge in [-0.15, -0.1) is 0 Å². The Bertz CT molecular complexity index is 327. The molecule has 1 saturated heterocycles. The van der Waals surface area contributed by atoms with E-state index in [2.05, 4.69) is 16.8 Å². The Morgan fingerprint density at radius 1 is 1.43 bits per heavy atom. The predicted molar refractivity (Wildman–Crippen MR) is 86.4 cm³/mol. The lowest BCUT2D eigenvalue weighted by Gasteiger charge is -2.28. The van der Waals surface area contributed by atoms with Crippen LogP contribution >= 0.6 is 0 Å². The molecular weight excluding hydrogens is 266 g/mol. The molecule has 0 aromatic rings. The Kier molecular flexibility index (Phi) is 8.57. The number of methoxy groups -OCH3 is 1. The summed E-state index contributed by atoms with van der Waals surface area (Å²) in [6, 6.07) is 0.505. The second-order valence-electron chi connectivity index (χ2n) is 5.89. The van der Waals surface area contributed by atoms with Crippen LogP contribution in [0, 0.1) is 0 Å². The first-order chi connectivity index (χ1) is 10.1. The van der Waals surface area contributed by atoms with Crippen LogP contribution in [0.5, 0.6) is 0 Å². The molecule has 0 bridgehead atoms. The maximum atomic E-state index is 12.4. The van der Waals surface area contributed by atoms with Crippen LogP contribution in [-0.2, 0) is 9.53 Å². The minimum atomic E-state index is 0.176. The van der Waals surface area contributed by atoms with Gasteiger partial charge in [-0.3, -0.25) is 9.69 Å². The van der Waals surface area contributed by atoms with Gasteiger partial charge in [0.05, 0.1) is 13.2 Å². The third kappa shape index (κ3) is 7.07. The van der Waals surface area contributed by atoms with E-state index in [0.29, 0.717) is 25.7 Å². The molecule has 1 aliphatic rings. The minimum Gasteiger partial charge on any atom is -0.383 e. The van der Waals surface area contributed by atoms with Crippen LogP contribution in [0.1, 0.15) is 26.7 Å². The Morgan fingerprint density at radius 2 is 2.19 bits per heavy atom. The van der Waals surface area contributed by atoms with E-state index in [1.807, 2.05) is 18.7 Å². The highest BCUT2D eigenvalue weighted by Crippen LogP contribution is 2.08. The number of rotatable bonds is 10. The number of hydrogen-bond donors (Lipinski definition) is 1. The Morgan fingerprint density at radius 3 is 2.71 bits per heavy atom. The number of likely N-dealkylation sites (N-methyl/N-ethyl adjacent to an activating group) is 1. The minimum absolute atomic E-state index is 0.176. The molecule has 1 amide bonds. The molecular formula is C16H31N3O2. The lowest BCUT2D eigenvalue weighted by molar-refractivity contribution is -0.132. The van der Waals surface area contributed by atoms with Gasteiger partial charge in [0.1, 0.15) is 0 Å². The quantitative estimate of drug-likeness (QED) is 0.614. The lowest BCUT2D eigenvalue weighted by atomic mass is 10.2. The van der Waals surface area contributed by atoms with Gasteiger partial charge in [-0.25, -0.2) is 0 Å². The molecule has 1 unspecified atom stereocenters. The van der Waals surface area contributed by atoms with E-state index in [1.165, 1.54) is 12.8 Å². The molecule has 1 N–H and O–H groups in total. The SMILES string of the molecule is C=C(C)CN(CC)C(=O)CN(CCOC)CC1CCCN1. The van der Waals surface area contributed by atoms with Gasteiger partial charge in [0.2, 0.25) is 5.91 Å². The summed E-state index contributed by atoms with van der Waals surface area (Å²) in [4.78, 5) is 16.5. The number of nitrogens with one attached hydrogen (secondary N) is 1. The zero-order valence-corrected chi connectivity index (χ0v) is 13.9. The number of ether oxygens (including phenoxy) is 1. The van der Waals surface area contributed by atoms with Crippen LogP contribution < -0.4 is 5.32 Å². The summed E-state index contributed by atoms with van der Waals surface area (Å²) in [6.07, 6.45) is 2.43. The third-order valence-corrected chi connectivity index (χ3v) is 3.81. The fourth-order valence-electron chi connectivity index (χ4n) is 2.67. The smallest absolute Gasteiger partial charge is 0.237 e. The summed E-state index contributed by atoms with van der Waals surface area (Å²) in [5, 5.41) is 3.49. The van der Waals surface area contributed by atoms with Gasteiger partial charge in [-0.05, 0) is 33.2 Å². The van der Waals surface area contributed by atoms with Crippen molar-refractivity contribution in [2.24, 2.45) is 0 Å². The molecule has 0 aliphatic carbocycles. The highest BCUT2D eigenvalue weighted by atomic mass is 16.5. The van der Waals surface area contributed by atoms with Crippen LogP contribution in [0.3, 0.4) is 0 Å². The molecule has 1 atom stereocenters. The van der Waals surface area contributed by atoms with Gasteiger partial charge in [-0.1, -0.05) is 12.2 Å². The number of hydrogen-bond acceptors (Lipinski definition) is 4. The number of amides is 1. The number of nitrogens with zero attached hydrogens (tertiary/aromatic N) is 2. The monoisotopic (exact) mass is 297 g/mol. The first-order valence-electron chi connectivity index (χ1n) is 7.93. The molecule has 5 heteroatoms. The summed E-state index contributed by atoms with van der Waals surface area (Å²) < 4.78 is 5.17. The van der Waals surface area contributed by atoms with Crippen molar-refractivity contribution in [2.45, 2.75) is 32.7 Å². The fourth-order valence-corrected chi connectivity index (χ4v) is 2.67. The number of carbonyl (C=O) groups excluding carboxylic acids is 1. The molecule has 0 aromatic heterocycles. The fraction of sp³-hybridized carbons (Fsp3) is 0.812. The van der Waals surface area contributed by atoms with E-state index in [4.69, 9.17) is 4.74 Å². The first kappa shape index (κ1) is 18.1. The Hall–Kier alpha value is -0.910. The van der Waals surface area contributed by atoms with Crippen LogP contribution in [0.15, 0.2) is 12.2 Å². The highest BCUT2D eigenvalue weighted by Gasteiger charge is 2.21. The molecule has 1 rings (SSSR count). The summed E-state index contributed by atoms with van der Waals surface area (Å²) in [6.45, 7) is 13.2. The van der Waals surface area contributed by atoms with E-state index < -0.39 is 0 Å². The molecule has 0 radical (unpaired) electrons. The predicted octanol–water partition coefficient (Wildman–Crippen LogP) is 1.11. The summed E-state index contributed by atoms with van der Waals surface area (Å²) in [5.74, 6) is 0.176. The van der Waals surface area contributed by atoms with E-state index in [9.17, 15) is 4.79 Å². The molecule has 1 aliphatic heterocycles. The van der Waals surface area contributed by atoms with E-state index in [-0.39, 0.29) is 5.91 Å². The van der Waals surface area contributed by atoms with E-state index in [1.54, 1.807) is 7.11 Å². The van der Waals surface area contributed by atoms with Gasteiger partial charge in [0.15, 0.2) is 0 Å². The van der Waals surface area contributed by atoms with Crippen LogP contribution in [0.4, 0.5) is 0 Å². The van der Waals surface area contributed by atoms with Crippen molar-refractivity contribution in [1.29, 1.82) is 0 Å². The highest BCUT2D eigenvalue weighted by molar-refractivity contribution is 5.78. The molecule has 0 aromatic carbocycles. The maximum Gasteiger partial charge on any atom is 0.237 e. The van der Waals surface area contributed by atoms with Gasteiger partial charge in [0.25, 0.3) is 0 Å². The molecule has 122 valence electrons. The van der Waals surface area contributed by atoms with Crippen LogP contribution in [-0.4, -0.2) is 74.7 Å². The largest absolute Gasteiger partial charge is 0.383 e. The second-order valence-corrected chi connectivity index (χ2v) is 5.89.